The fourth-order valence-corrected chi connectivity index (χ4v) is 4.38. The van der Waals surface area contributed by atoms with Gasteiger partial charge in [-0.05, 0) is 55.5 Å². The van der Waals surface area contributed by atoms with Crippen molar-refractivity contribution in [3.8, 4) is 5.75 Å². The van der Waals surface area contributed by atoms with Crippen LogP contribution in [0.5, 0.6) is 5.75 Å². The van der Waals surface area contributed by atoms with Crippen molar-refractivity contribution in [2.24, 2.45) is 11.0 Å². The van der Waals surface area contributed by atoms with E-state index in [0.29, 0.717) is 17.4 Å². The molecule has 0 heterocycles. The minimum atomic E-state index is -3.89. The molecule has 7 nitrogen and oxygen atoms in total. The van der Waals surface area contributed by atoms with Crippen LogP contribution in [0.25, 0.3) is 0 Å². The normalized spacial score (nSPS) is 18.3. The molecule has 0 aliphatic heterocycles. The molecule has 154 valence electrons. The van der Waals surface area contributed by atoms with Crippen molar-refractivity contribution < 1.29 is 17.9 Å². The maximum absolute atomic E-state index is 12.8. The third kappa shape index (κ3) is 5.14. The predicted molar refractivity (Wildman–Crippen MR) is 113 cm³/mol. The van der Waals surface area contributed by atoms with Crippen LogP contribution >= 0.6 is 0 Å². The highest BCUT2D eigenvalue weighted by Gasteiger charge is 2.19. The van der Waals surface area contributed by atoms with Gasteiger partial charge in [-0.3, -0.25) is 9.52 Å². The molecule has 0 radical (unpaired) electrons. The number of amides is 1. The van der Waals surface area contributed by atoms with Gasteiger partial charge in [0, 0.05) is 11.3 Å². The first-order valence-electron chi connectivity index (χ1n) is 9.53. The smallest absolute Gasteiger partial charge is 0.271 e. The number of hydrogen-bond acceptors (Lipinski definition) is 5. The van der Waals surface area contributed by atoms with Crippen LogP contribution in [0.3, 0.4) is 0 Å². The van der Waals surface area contributed by atoms with Crippen LogP contribution in [0.15, 0.2) is 58.5 Å². The first-order chi connectivity index (χ1) is 13.9. The van der Waals surface area contributed by atoms with Gasteiger partial charge in [-0.2, -0.15) is 5.10 Å². The van der Waals surface area contributed by atoms with Crippen LogP contribution in [-0.4, -0.2) is 27.1 Å². The molecule has 1 saturated carbocycles. The van der Waals surface area contributed by atoms with Crippen molar-refractivity contribution in [1.29, 1.82) is 0 Å². The Hall–Kier alpha value is -2.87. The third-order valence-corrected chi connectivity index (χ3v) is 6.31. The van der Waals surface area contributed by atoms with Crippen LogP contribution in [0.2, 0.25) is 0 Å². The van der Waals surface area contributed by atoms with Gasteiger partial charge in [0.15, 0.2) is 0 Å². The number of methoxy groups -OCH3 is 1. The lowest BCUT2D eigenvalue weighted by Gasteiger charge is -2.19. The molecule has 0 unspecified atom stereocenters. The summed E-state index contributed by atoms with van der Waals surface area (Å²) in [5, 5.41) is 4.26. The Morgan fingerprint density at radius 3 is 2.69 bits per heavy atom. The average molecular weight is 416 g/mol. The van der Waals surface area contributed by atoms with Crippen molar-refractivity contribution in [2.75, 3.05) is 11.8 Å². The summed E-state index contributed by atoms with van der Waals surface area (Å²) in [6, 6.07) is 12.6. The van der Waals surface area contributed by atoms with Gasteiger partial charge in [-0.15, -0.1) is 0 Å². The molecule has 1 atom stereocenters. The van der Waals surface area contributed by atoms with E-state index in [9.17, 15) is 13.2 Å². The SMILES string of the molecule is COc1ccccc1NS(=O)(=O)c1cccc(C(=O)N/N=C2/CCCC[C@@H]2C)c1. The summed E-state index contributed by atoms with van der Waals surface area (Å²) in [6.07, 6.45) is 4.18. The summed E-state index contributed by atoms with van der Waals surface area (Å²) in [5.74, 6) is 0.313. The van der Waals surface area contributed by atoms with E-state index in [1.807, 2.05) is 0 Å². The Labute approximate surface area is 171 Å². The van der Waals surface area contributed by atoms with E-state index in [1.54, 1.807) is 30.3 Å². The molecular formula is C21H25N3O4S. The molecule has 2 N–H and O–H groups in total. The van der Waals surface area contributed by atoms with Crippen molar-refractivity contribution in [3.63, 3.8) is 0 Å². The summed E-state index contributed by atoms with van der Waals surface area (Å²) >= 11 is 0. The fraction of sp³-hybridized carbons (Fsp3) is 0.333. The number of sulfonamides is 1. The number of anilines is 1. The Balaban J connectivity index is 1.77. The van der Waals surface area contributed by atoms with Gasteiger partial charge in [0.2, 0.25) is 0 Å². The molecule has 2 aromatic carbocycles. The number of ether oxygens (including phenoxy) is 1. The third-order valence-electron chi connectivity index (χ3n) is 4.95. The van der Waals surface area contributed by atoms with E-state index in [1.165, 1.54) is 31.7 Å². The second kappa shape index (κ2) is 9.09. The van der Waals surface area contributed by atoms with E-state index in [4.69, 9.17) is 4.74 Å². The van der Waals surface area contributed by atoms with Crippen molar-refractivity contribution in [3.05, 3.63) is 54.1 Å². The van der Waals surface area contributed by atoms with E-state index < -0.39 is 15.9 Å². The quantitative estimate of drug-likeness (QED) is 0.702. The van der Waals surface area contributed by atoms with E-state index in [-0.39, 0.29) is 10.5 Å². The van der Waals surface area contributed by atoms with Gasteiger partial charge < -0.3 is 4.74 Å². The Kier molecular flexibility index (Phi) is 6.53. The molecule has 0 saturated heterocycles. The second-order valence-electron chi connectivity index (χ2n) is 7.02. The van der Waals surface area contributed by atoms with Crippen molar-refractivity contribution in [2.45, 2.75) is 37.5 Å². The summed E-state index contributed by atoms with van der Waals surface area (Å²) in [7, 11) is -2.43. The zero-order valence-electron chi connectivity index (χ0n) is 16.5. The largest absolute Gasteiger partial charge is 0.495 e. The average Bonchev–Trinajstić information content (AvgIpc) is 2.73. The summed E-state index contributed by atoms with van der Waals surface area (Å²) in [5.41, 5.74) is 4.08. The first kappa shape index (κ1) is 20.9. The molecule has 1 fully saturated rings. The van der Waals surface area contributed by atoms with E-state index in [2.05, 4.69) is 22.2 Å². The molecule has 0 aromatic heterocycles. The minimum Gasteiger partial charge on any atom is -0.495 e. The summed E-state index contributed by atoms with van der Waals surface area (Å²) in [6.45, 7) is 2.10. The van der Waals surface area contributed by atoms with Crippen LogP contribution in [-0.2, 0) is 10.0 Å². The lowest BCUT2D eigenvalue weighted by atomic mass is 9.89. The molecule has 3 rings (SSSR count). The number of nitrogens with zero attached hydrogens (tertiary/aromatic N) is 1. The number of rotatable bonds is 6. The van der Waals surface area contributed by atoms with Gasteiger partial charge in [-0.1, -0.05) is 31.5 Å². The second-order valence-corrected chi connectivity index (χ2v) is 8.71. The van der Waals surface area contributed by atoms with Crippen LogP contribution in [0.1, 0.15) is 43.0 Å². The van der Waals surface area contributed by atoms with Crippen LogP contribution < -0.4 is 14.9 Å². The maximum Gasteiger partial charge on any atom is 0.271 e. The monoisotopic (exact) mass is 415 g/mol. The van der Waals surface area contributed by atoms with Gasteiger partial charge in [0.25, 0.3) is 15.9 Å². The molecule has 8 heteroatoms. The molecule has 1 aliphatic carbocycles. The Morgan fingerprint density at radius 1 is 1.14 bits per heavy atom. The molecule has 29 heavy (non-hydrogen) atoms. The molecular weight excluding hydrogens is 390 g/mol. The molecule has 0 spiro atoms. The number of carbonyl (C=O) groups excluding carboxylic acids is 1. The lowest BCUT2D eigenvalue weighted by molar-refractivity contribution is 0.0954. The number of carbonyl (C=O) groups is 1. The highest BCUT2D eigenvalue weighted by molar-refractivity contribution is 7.92. The Bertz CT molecular complexity index is 1020. The Morgan fingerprint density at radius 2 is 1.93 bits per heavy atom. The van der Waals surface area contributed by atoms with Gasteiger partial charge in [-0.25, -0.2) is 13.8 Å². The topological polar surface area (TPSA) is 96.9 Å². The maximum atomic E-state index is 12.8. The van der Waals surface area contributed by atoms with Gasteiger partial charge >= 0.3 is 0 Å². The van der Waals surface area contributed by atoms with Crippen LogP contribution in [0, 0.1) is 5.92 Å². The van der Waals surface area contributed by atoms with Gasteiger partial charge in [0.1, 0.15) is 5.75 Å². The number of hydrazone groups is 1. The van der Waals surface area contributed by atoms with E-state index >= 15 is 0 Å². The van der Waals surface area contributed by atoms with E-state index in [0.717, 1.165) is 25.0 Å². The summed E-state index contributed by atoms with van der Waals surface area (Å²) in [4.78, 5) is 12.5. The predicted octanol–water partition coefficient (Wildman–Crippen LogP) is 3.79. The van der Waals surface area contributed by atoms with Crippen molar-refractivity contribution in [1.82, 2.24) is 5.43 Å². The lowest BCUT2D eigenvalue weighted by Crippen LogP contribution is -2.24. The number of nitrogens with one attached hydrogen (secondary N) is 2. The standard InChI is InChI=1S/C21H25N3O4S/c1-15-8-3-4-11-18(15)22-23-21(25)16-9-7-10-17(14-16)29(26,27)24-19-12-5-6-13-20(19)28-2/h5-7,9-10,12-15,24H,3-4,8,11H2,1-2H3,(H,23,25)/b22-18-/t15-/m0/s1. The highest BCUT2D eigenvalue weighted by atomic mass is 32.2. The molecule has 0 bridgehead atoms. The summed E-state index contributed by atoms with van der Waals surface area (Å²) < 4.78 is 33.2. The minimum absolute atomic E-state index is 0.0188. The number of hydrogen-bond donors (Lipinski definition) is 2. The van der Waals surface area contributed by atoms with Crippen molar-refractivity contribution >= 4 is 27.3 Å². The zero-order chi connectivity index (χ0) is 20.9. The first-order valence-corrected chi connectivity index (χ1v) is 11.0. The zero-order valence-corrected chi connectivity index (χ0v) is 17.3. The van der Waals surface area contributed by atoms with Gasteiger partial charge in [0.05, 0.1) is 17.7 Å². The molecule has 2 aromatic rings. The number of para-hydroxylation sites is 2. The molecule has 1 aliphatic rings. The van der Waals surface area contributed by atoms with Crippen LogP contribution in [0.4, 0.5) is 5.69 Å². The highest BCUT2D eigenvalue weighted by Crippen LogP contribution is 2.26. The molecule has 1 amide bonds. The fourth-order valence-electron chi connectivity index (χ4n) is 3.26. The number of benzene rings is 2.